The van der Waals surface area contributed by atoms with Crippen molar-refractivity contribution in [1.82, 2.24) is 0 Å². The van der Waals surface area contributed by atoms with Crippen LogP contribution in [0.15, 0.2) is 12.1 Å². The molecule has 0 radical (unpaired) electrons. The number of hydrogen-bond donors (Lipinski definition) is 1. The number of carbonyl (C=O) groups is 1. The molecule has 1 aromatic rings. The summed E-state index contributed by atoms with van der Waals surface area (Å²) in [5.41, 5.74) is -1.06. The Morgan fingerprint density at radius 2 is 1.86 bits per heavy atom. The number of carbonyl (C=O) groups excluding carboxylic acids is 1. The molecule has 0 atom stereocenters. The fourth-order valence-corrected chi connectivity index (χ4v) is 2.14. The van der Waals surface area contributed by atoms with Gasteiger partial charge in [-0.25, -0.2) is 0 Å². The van der Waals surface area contributed by atoms with Crippen LogP contribution in [0.2, 0.25) is 0 Å². The Morgan fingerprint density at radius 1 is 1.24 bits per heavy atom. The van der Waals surface area contributed by atoms with E-state index in [1.54, 1.807) is 0 Å². The molecule has 21 heavy (non-hydrogen) atoms. The molecule has 0 saturated heterocycles. The van der Waals surface area contributed by atoms with Gasteiger partial charge in [-0.05, 0) is 37.0 Å². The number of aromatic hydroxyl groups is 1. The van der Waals surface area contributed by atoms with Gasteiger partial charge in [0.2, 0.25) is 0 Å². The first-order valence-corrected chi connectivity index (χ1v) is 7.07. The third-order valence-electron chi connectivity index (χ3n) is 3.36. The fraction of sp³-hybridized carbons (Fsp3) is 0.562. The molecule has 0 aliphatic rings. The van der Waals surface area contributed by atoms with Gasteiger partial charge < -0.3 is 5.11 Å². The van der Waals surface area contributed by atoms with Crippen molar-refractivity contribution in [3.8, 4) is 5.75 Å². The highest BCUT2D eigenvalue weighted by Gasteiger charge is 2.35. The summed E-state index contributed by atoms with van der Waals surface area (Å²) in [5.74, 6) is -0.570. The van der Waals surface area contributed by atoms with Crippen LogP contribution in [0.1, 0.15) is 61.0 Å². The van der Waals surface area contributed by atoms with Gasteiger partial charge in [-0.1, -0.05) is 26.7 Å². The van der Waals surface area contributed by atoms with E-state index in [9.17, 15) is 23.1 Å². The summed E-state index contributed by atoms with van der Waals surface area (Å²) in [5, 5.41) is 9.48. The van der Waals surface area contributed by atoms with Crippen LogP contribution in [-0.2, 0) is 6.18 Å². The van der Waals surface area contributed by atoms with E-state index >= 15 is 0 Å². The molecule has 0 aromatic heterocycles. The Bertz CT molecular complexity index is 505. The molecule has 118 valence electrons. The molecule has 0 aliphatic heterocycles. The van der Waals surface area contributed by atoms with Crippen LogP contribution >= 0.6 is 0 Å². The lowest BCUT2D eigenvalue weighted by Gasteiger charge is -2.13. The molecule has 0 heterocycles. The number of phenols is 1. The Hall–Kier alpha value is -1.52. The van der Waals surface area contributed by atoms with Gasteiger partial charge in [0.05, 0.1) is 5.56 Å². The van der Waals surface area contributed by atoms with Crippen LogP contribution in [-0.4, -0.2) is 10.9 Å². The van der Waals surface area contributed by atoms with Crippen LogP contribution < -0.4 is 0 Å². The SMILES string of the molecule is Cc1cc(C(=O)CCCCC(C)C)cc(C(F)(F)F)c1O. The fourth-order valence-electron chi connectivity index (χ4n) is 2.14. The van der Waals surface area contributed by atoms with E-state index in [4.69, 9.17) is 0 Å². The number of alkyl halides is 3. The first kappa shape index (κ1) is 17.5. The lowest BCUT2D eigenvalue weighted by Crippen LogP contribution is -2.09. The second-order valence-electron chi connectivity index (χ2n) is 5.75. The van der Waals surface area contributed by atoms with Gasteiger partial charge in [0, 0.05) is 12.0 Å². The molecule has 0 fully saturated rings. The maximum absolute atomic E-state index is 12.8. The van der Waals surface area contributed by atoms with Gasteiger partial charge in [-0.15, -0.1) is 0 Å². The van der Waals surface area contributed by atoms with Gasteiger partial charge in [-0.2, -0.15) is 13.2 Å². The average Bonchev–Trinajstić information content (AvgIpc) is 2.35. The third kappa shape index (κ3) is 5.06. The van der Waals surface area contributed by atoms with Crippen molar-refractivity contribution in [3.05, 3.63) is 28.8 Å². The predicted octanol–water partition coefficient (Wildman–Crippen LogP) is 5.12. The molecule has 0 bridgehead atoms. The minimum atomic E-state index is -4.66. The van der Waals surface area contributed by atoms with Crippen LogP contribution in [0, 0.1) is 12.8 Å². The molecule has 0 aliphatic carbocycles. The highest BCUT2D eigenvalue weighted by Crippen LogP contribution is 2.38. The quantitative estimate of drug-likeness (QED) is 0.585. The van der Waals surface area contributed by atoms with Gasteiger partial charge in [0.25, 0.3) is 0 Å². The number of unbranched alkanes of at least 4 members (excludes halogenated alkanes) is 1. The summed E-state index contributed by atoms with van der Waals surface area (Å²) >= 11 is 0. The zero-order valence-electron chi connectivity index (χ0n) is 12.5. The van der Waals surface area contributed by atoms with Crippen molar-refractivity contribution >= 4 is 5.78 Å². The summed E-state index contributed by atoms with van der Waals surface area (Å²) in [6, 6.07) is 2.06. The molecule has 1 rings (SSSR count). The van der Waals surface area contributed by atoms with Crippen LogP contribution in [0.5, 0.6) is 5.75 Å². The van der Waals surface area contributed by atoms with Gasteiger partial charge in [-0.3, -0.25) is 4.79 Å². The van der Waals surface area contributed by atoms with E-state index in [1.165, 1.54) is 13.0 Å². The molecule has 0 unspecified atom stereocenters. The molecule has 5 heteroatoms. The summed E-state index contributed by atoms with van der Waals surface area (Å²) < 4.78 is 38.4. The standard InChI is InChI=1S/C16H21F3O2/c1-10(2)6-4-5-7-14(20)12-8-11(3)15(21)13(9-12)16(17,18)19/h8-10,21H,4-7H2,1-3H3. The predicted molar refractivity (Wildman–Crippen MR) is 75.5 cm³/mol. The molecular weight excluding hydrogens is 281 g/mol. The van der Waals surface area contributed by atoms with Gasteiger partial charge >= 0.3 is 6.18 Å². The number of aryl methyl sites for hydroxylation is 1. The molecule has 0 amide bonds. The molecular formula is C16H21F3O2. The van der Waals surface area contributed by atoms with Crippen molar-refractivity contribution in [2.24, 2.45) is 5.92 Å². The second kappa shape index (κ2) is 6.96. The smallest absolute Gasteiger partial charge is 0.419 e. The highest BCUT2D eigenvalue weighted by molar-refractivity contribution is 5.96. The molecule has 0 spiro atoms. The summed E-state index contributed by atoms with van der Waals surface area (Å²) in [6.45, 7) is 5.53. The minimum absolute atomic E-state index is 0.0159. The third-order valence-corrected chi connectivity index (χ3v) is 3.36. The number of hydrogen-bond acceptors (Lipinski definition) is 2. The Morgan fingerprint density at radius 3 is 2.38 bits per heavy atom. The Labute approximate surface area is 123 Å². The molecule has 1 N–H and O–H groups in total. The Balaban J connectivity index is 2.84. The average molecular weight is 302 g/mol. The van der Waals surface area contributed by atoms with Crippen molar-refractivity contribution in [2.75, 3.05) is 0 Å². The zero-order chi connectivity index (χ0) is 16.2. The van der Waals surface area contributed by atoms with Crippen molar-refractivity contribution in [3.63, 3.8) is 0 Å². The topological polar surface area (TPSA) is 37.3 Å². The number of rotatable bonds is 6. The maximum Gasteiger partial charge on any atom is 0.419 e. The van der Waals surface area contributed by atoms with E-state index in [2.05, 4.69) is 13.8 Å². The Kier molecular flexibility index (Phi) is 5.81. The number of ketones is 1. The zero-order valence-corrected chi connectivity index (χ0v) is 12.5. The highest BCUT2D eigenvalue weighted by atomic mass is 19.4. The van der Waals surface area contributed by atoms with E-state index in [0.29, 0.717) is 12.3 Å². The molecule has 2 nitrogen and oxygen atoms in total. The molecule has 0 saturated carbocycles. The number of phenolic OH excluding ortho intramolecular Hbond substituents is 1. The second-order valence-corrected chi connectivity index (χ2v) is 5.75. The van der Waals surface area contributed by atoms with Crippen molar-refractivity contribution in [2.45, 2.75) is 52.6 Å². The monoisotopic (exact) mass is 302 g/mol. The van der Waals surface area contributed by atoms with Gasteiger partial charge in [0.1, 0.15) is 5.75 Å². The number of Topliss-reactive ketones (excluding diaryl/α,β-unsaturated/α-hetero) is 1. The van der Waals surface area contributed by atoms with Gasteiger partial charge in [0.15, 0.2) is 5.78 Å². The summed E-state index contributed by atoms with van der Waals surface area (Å²) in [7, 11) is 0. The minimum Gasteiger partial charge on any atom is -0.507 e. The van der Waals surface area contributed by atoms with Crippen LogP contribution in [0.4, 0.5) is 13.2 Å². The maximum atomic E-state index is 12.8. The first-order valence-electron chi connectivity index (χ1n) is 7.07. The lowest BCUT2D eigenvalue weighted by atomic mass is 9.98. The van der Waals surface area contributed by atoms with E-state index < -0.39 is 17.5 Å². The van der Waals surface area contributed by atoms with Crippen molar-refractivity contribution < 1.29 is 23.1 Å². The van der Waals surface area contributed by atoms with E-state index in [-0.39, 0.29) is 23.3 Å². The first-order chi connectivity index (χ1) is 9.62. The lowest BCUT2D eigenvalue weighted by molar-refractivity contribution is -0.138. The number of benzene rings is 1. The van der Waals surface area contributed by atoms with Crippen LogP contribution in [0.3, 0.4) is 0 Å². The van der Waals surface area contributed by atoms with E-state index in [1.807, 2.05) is 0 Å². The largest absolute Gasteiger partial charge is 0.507 e. The molecule has 1 aromatic carbocycles. The van der Waals surface area contributed by atoms with E-state index in [0.717, 1.165) is 18.9 Å². The number of halogens is 3. The van der Waals surface area contributed by atoms with Crippen LogP contribution in [0.25, 0.3) is 0 Å². The normalized spacial score (nSPS) is 12.0. The van der Waals surface area contributed by atoms with Crippen molar-refractivity contribution in [1.29, 1.82) is 0 Å². The summed E-state index contributed by atoms with van der Waals surface area (Å²) in [6.07, 6.45) is -1.89. The summed E-state index contributed by atoms with van der Waals surface area (Å²) in [4.78, 5) is 12.0.